The first-order valence-corrected chi connectivity index (χ1v) is 13.3. The number of morpholine rings is 1. The standard InChI is InChI=1S/C22H28N4O5S2/c1-30-18-9-7-16(15-19(18)33(28,29)26-11-13-31-14-12-26)8-10-20(27)23-22-25-24-21(32-22)17-5-3-2-4-6-17/h7-10,15,17H,2-6,11-14H2,1H3,(H,23,25,27)/b10-8+. The lowest BCUT2D eigenvalue weighted by Crippen LogP contribution is -2.40. The Morgan fingerprint density at radius 1 is 1.21 bits per heavy atom. The molecule has 9 nitrogen and oxygen atoms in total. The number of carbonyl (C=O) groups excluding carboxylic acids is 1. The van der Waals surface area contributed by atoms with Gasteiger partial charge >= 0.3 is 0 Å². The zero-order chi connectivity index (χ0) is 23.3. The normalized spacial score (nSPS) is 18.5. The molecule has 11 heteroatoms. The molecule has 1 aliphatic heterocycles. The molecule has 1 amide bonds. The predicted molar refractivity (Wildman–Crippen MR) is 126 cm³/mol. The van der Waals surface area contributed by atoms with E-state index in [9.17, 15) is 13.2 Å². The van der Waals surface area contributed by atoms with E-state index < -0.39 is 10.0 Å². The molecule has 0 spiro atoms. The lowest BCUT2D eigenvalue weighted by atomic mass is 9.90. The van der Waals surface area contributed by atoms with Crippen molar-refractivity contribution in [2.24, 2.45) is 0 Å². The van der Waals surface area contributed by atoms with Gasteiger partial charge in [0.1, 0.15) is 15.7 Å². The van der Waals surface area contributed by atoms with Gasteiger partial charge in [-0.2, -0.15) is 4.31 Å². The number of nitrogens with one attached hydrogen (secondary N) is 1. The topological polar surface area (TPSA) is 111 Å². The lowest BCUT2D eigenvalue weighted by molar-refractivity contribution is -0.111. The molecule has 1 aromatic carbocycles. The van der Waals surface area contributed by atoms with E-state index >= 15 is 0 Å². The number of hydrogen-bond acceptors (Lipinski definition) is 8. The van der Waals surface area contributed by atoms with Gasteiger partial charge in [-0.3, -0.25) is 10.1 Å². The van der Waals surface area contributed by atoms with Gasteiger partial charge in [0, 0.05) is 25.1 Å². The first-order chi connectivity index (χ1) is 16.0. The van der Waals surface area contributed by atoms with Gasteiger partial charge in [0.2, 0.25) is 21.1 Å². The molecule has 2 aromatic rings. The number of amides is 1. The largest absolute Gasteiger partial charge is 0.495 e. The Bertz CT molecular complexity index is 1100. The Morgan fingerprint density at radius 3 is 2.70 bits per heavy atom. The summed E-state index contributed by atoms with van der Waals surface area (Å²) in [4.78, 5) is 12.5. The molecular formula is C22H28N4O5S2. The molecule has 178 valence electrons. The molecule has 0 bridgehead atoms. The van der Waals surface area contributed by atoms with Gasteiger partial charge in [-0.25, -0.2) is 8.42 Å². The number of nitrogens with zero attached hydrogens (tertiary/aromatic N) is 3. The highest BCUT2D eigenvalue weighted by atomic mass is 32.2. The molecule has 2 fully saturated rings. The SMILES string of the molecule is COc1ccc(/C=C/C(=O)Nc2nnc(C3CCCCC3)s2)cc1S(=O)(=O)N1CCOCC1. The average Bonchev–Trinajstić information content (AvgIpc) is 3.32. The van der Waals surface area contributed by atoms with Crippen molar-refractivity contribution in [2.75, 3.05) is 38.7 Å². The summed E-state index contributed by atoms with van der Waals surface area (Å²) in [5, 5.41) is 12.5. The van der Waals surface area contributed by atoms with Crippen molar-refractivity contribution in [1.82, 2.24) is 14.5 Å². The van der Waals surface area contributed by atoms with Crippen LogP contribution in [0.15, 0.2) is 29.2 Å². The van der Waals surface area contributed by atoms with E-state index in [1.54, 1.807) is 18.2 Å². The maximum atomic E-state index is 13.1. The zero-order valence-corrected chi connectivity index (χ0v) is 20.2. The third-order valence-electron chi connectivity index (χ3n) is 5.83. The van der Waals surface area contributed by atoms with Gasteiger partial charge in [0.15, 0.2) is 0 Å². The summed E-state index contributed by atoms with van der Waals surface area (Å²) in [6, 6.07) is 4.80. The Hall–Kier alpha value is -2.34. The summed E-state index contributed by atoms with van der Waals surface area (Å²) >= 11 is 1.42. The van der Waals surface area contributed by atoms with E-state index in [1.807, 2.05) is 0 Å². The van der Waals surface area contributed by atoms with Crippen LogP contribution in [0.25, 0.3) is 6.08 Å². The molecule has 1 N–H and O–H groups in total. The highest BCUT2D eigenvalue weighted by Gasteiger charge is 2.29. The van der Waals surface area contributed by atoms with Crippen LogP contribution in [0.1, 0.15) is 48.6 Å². The molecule has 0 unspecified atom stereocenters. The number of rotatable bonds is 7. The molecular weight excluding hydrogens is 464 g/mol. The van der Waals surface area contributed by atoms with Crippen LogP contribution < -0.4 is 10.1 Å². The van der Waals surface area contributed by atoms with Crippen LogP contribution in [0.2, 0.25) is 0 Å². The molecule has 1 saturated heterocycles. The minimum Gasteiger partial charge on any atom is -0.495 e. The molecule has 0 atom stereocenters. The molecule has 4 rings (SSSR count). The summed E-state index contributed by atoms with van der Waals surface area (Å²) in [7, 11) is -2.31. The van der Waals surface area contributed by atoms with Crippen molar-refractivity contribution < 1.29 is 22.7 Å². The van der Waals surface area contributed by atoms with Crippen molar-refractivity contribution in [1.29, 1.82) is 0 Å². The predicted octanol–water partition coefficient (Wildman–Crippen LogP) is 3.27. The van der Waals surface area contributed by atoms with E-state index in [1.165, 1.54) is 54.2 Å². The molecule has 1 saturated carbocycles. The number of benzene rings is 1. The quantitative estimate of drug-likeness (QED) is 0.591. The zero-order valence-electron chi connectivity index (χ0n) is 18.5. The van der Waals surface area contributed by atoms with Gasteiger partial charge in [-0.1, -0.05) is 36.7 Å². The van der Waals surface area contributed by atoms with Crippen LogP contribution in [0.5, 0.6) is 5.75 Å². The first kappa shape index (κ1) is 23.8. The van der Waals surface area contributed by atoms with Gasteiger partial charge in [-0.15, -0.1) is 10.2 Å². The maximum Gasteiger partial charge on any atom is 0.250 e. The number of ether oxygens (including phenoxy) is 2. The van der Waals surface area contributed by atoms with Gasteiger partial charge in [-0.05, 0) is 36.6 Å². The molecule has 1 aliphatic carbocycles. The number of methoxy groups -OCH3 is 1. The first-order valence-electron chi connectivity index (χ1n) is 11.1. The second-order valence-corrected chi connectivity index (χ2v) is 10.9. The fourth-order valence-electron chi connectivity index (χ4n) is 4.04. The molecule has 33 heavy (non-hydrogen) atoms. The van der Waals surface area contributed by atoms with E-state index in [-0.39, 0.29) is 16.6 Å². The minimum absolute atomic E-state index is 0.0655. The van der Waals surface area contributed by atoms with Crippen LogP contribution >= 0.6 is 11.3 Å². The van der Waals surface area contributed by atoms with Crippen LogP contribution in [-0.4, -0.2) is 62.2 Å². The smallest absolute Gasteiger partial charge is 0.250 e. The summed E-state index contributed by atoms with van der Waals surface area (Å²) < 4.78 is 38.1. The van der Waals surface area contributed by atoms with Gasteiger partial charge in [0.25, 0.3) is 0 Å². The molecule has 2 heterocycles. The Labute approximate surface area is 197 Å². The summed E-state index contributed by atoms with van der Waals surface area (Å²) in [6.07, 6.45) is 8.85. The number of hydrogen-bond donors (Lipinski definition) is 1. The van der Waals surface area contributed by atoms with Crippen LogP contribution in [0.3, 0.4) is 0 Å². The van der Waals surface area contributed by atoms with Crippen LogP contribution in [0, 0.1) is 0 Å². The van der Waals surface area contributed by atoms with E-state index in [0.29, 0.717) is 42.9 Å². The third-order valence-corrected chi connectivity index (χ3v) is 8.75. The Kier molecular flexibility index (Phi) is 7.74. The highest BCUT2D eigenvalue weighted by molar-refractivity contribution is 7.89. The fraction of sp³-hybridized carbons (Fsp3) is 0.500. The fourth-order valence-corrected chi connectivity index (χ4v) is 6.56. The van der Waals surface area contributed by atoms with Crippen molar-refractivity contribution in [3.05, 3.63) is 34.8 Å². The van der Waals surface area contributed by atoms with Crippen LogP contribution in [-0.2, 0) is 19.6 Å². The molecule has 1 aromatic heterocycles. The monoisotopic (exact) mass is 492 g/mol. The molecule has 0 radical (unpaired) electrons. The number of aromatic nitrogens is 2. The van der Waals surface area contributed by atoms with Crippen molar-refractivity contribution >= 4 is 38.5 Å². The van der Waals surface area contributed by atoms with Crippen molar-refractivity contribution in [2.45, 2.75) is 42.9 Å². The van der Waals surface area contributed by atoms with E-state index in [2.05, 4.69) is 15.5 Å². The number of carbonyl (C=O) groups is 1. The highest BCUT2D eigenvalue weighted by Crippen LogP contribution is 2.35. The second-order valence-electron chi connectivity index (χ2n) is 8.03. The summed E-state index contributed by atoms with van der Waals surface area (Å²) in [5.41, 5.74) is 0.568. The second kappa shape index (κ2) is 10.7. The Balaban J connectivity index is 1.45. The summed E-state index contributed by atoms with van der Waals surface area (Å²) in [5.74, 6) is 0.338. The Morgan fingerprint density at radius 2 is 1.97 bits per heavy atom. The summed E-state index contributed by atoms with van der Waals surface area (Å²) in [6.45, 7) is 1.29. The number of sulfonamides is 1. The van der Waals surface area contributed by atoms with Crippen LogP contribution in [0.4, 0.5) is 5.13 Å². The molecule has 2 aliphatic rings. The van der Waals surface area contributed by atoms with Crippen molar-refractivity contribution in [3.63, 3.8) is 0 Å². The third kappa shape index (κ3) is 5.78. The van der Waals surface area contributed by atoms with E-state index in [0.717, 1.165) is 17.8 Å². The number of anilines is 1. The van der Waals surface area contributed by atoms with Gasteiger partial charge in [0.05, 0.1) is 20.3 Å². The minimum atomic E-state index is -3.75. The average molecular weight is 493 g/mol. The van der Waals surface area contributed by atoms with Gasteiger partial charge < -0.3 is 9.47 Å². The lowest BCUT2D eigenvalue weighted by Gasteiger charge is -2.26. The van der Waals surface area contributed by atoms with E-state index in [4.69, 9.17) is 9.47 Å². The van der Waals surface area contributed by atoms with Crippen molar-refractivity contribution in [3.8, 4) is 5.75 Å². The maximum absolute atomic E-state index is 13.1.